The molecule has 5 heteroatoms. The van der Waals surface area contributed by atoms with Gasteiger partial charge in [0.05, 0.1) is 6.20 Å². The van der Waals surface area contributed by atoms with Crippen LogP contribution in [0.25, 0.3) is 0 Å². The number of aryl methyl sites for hydroxylation is 1. The van der Waals surface area contributed by atoms with Crippen LogP contribution in [0, 0.1) is 12.8 Å². The summed E-state index contributed by atoms with van der Waals surface area (Å²) in [6.45, 7) is 3.20. The van der Waals surface area contributed by atoms with E-state index < -0.39 is 0 Å². The van der Waals surface area contributed by atoms with E-state index in [0.717, 1.165) is 6.42 Å². The summed E-state index contributed by atoms with van der Waals surface area (Å²) in [7, 11) is 0. The second-order valence-electron chi connectivity index (χ2n) is 3.88. The first-order valence-corrected chi connectivity index (χ1v) is 5.03. The Bertz CT molecular complexity index is 361. The van der Waals surface area contributed by atoms with Crippen LogP contribution < -0.4 is 0 Å². The Labute approximate surface area is 87.7 Å². The van der Waals surface area contributed by atoms with Gasteiger partial charge in [-0.15, -0.1) is 0 Å². The van der Waals surface area contributed by atoms with Gasteiger partial charge in [-0.3, -0.25) is 4.79 Å². The molecule has 5 nitrogen and oxygen atoms in total. The van der Waals surface area contributed by atoms with Crippen LogP contribution in [-0.2, 0) is 0 Å². The number of rotatable bonds is 2. The predicted octanol–water partition coefficient (Wildman–Crippen LogP) is 0.437. The minimum Gasteiger partial charge on any atom is -0.396 e. The molecule has 0 aromatic carbocycles. The van der Waals surface area contributed by atoms with Gasteiger partial charge in [0.25, 0.3) is 5.91 Å². The molecule has 0 saturated carbocycles. The number of carbonyl (C=O) groups excluding carboxylic acids is 1. The second-order valence-corrected chi connectivity index (χ2v) is 3.88. The monoisotopic (exact) mass is 210 g/mol. The average Bonchev–Trinajstić information content (AvgIpc) is 2.84. The Kier molecular flexibility index (Phi) is 2.73. The summed E-state index contributed by atoms with van der Waals surface area (Å²) >= 11 is 0. The Morgan fingerprint density at radius 1 is 1.80 bits per heavy atom. The van der Waals surface area contributed by atoms with Crippen LogP contribution in [0.5, 0.6) is 0 Å². The molecule has 1 aliphatic rings. The summed E-state index contributed by atoms with van der Waals surface area (Å²) in [5, 5.41) is 12.6. The molecule has 1 aromatic heterocycles. The van der Waals surface area contributed by atoms with Crippen molar-refractivity contribution in [3.63, 3.8) is 0 Å². The number of carbonyl (C=O) groups is 1. The lowest BCUT2D eigenvalue weighted by Gasteiger charge is -2.14. The van der Waals surface area contributed by atoms with Gasteiger partial charge in [0, 0.05) is 25.6 Å². The zero-order valence-corrected chi connectivity index (χ0v) is 8.64. The summed E-state index contributed by atoms with van der Waals surface area (Å²) in [4.78, 5) is 13.7. The van der Waals surface area contributed by atoms with Gasteiger partial charge >= 0.3 is 0 Å². The van der Waals surface area contributed by atoms with E-state index >= 15 is 0 Å². The second kappa shape index (κ2) is 4.02. The van der Waals surface area contributed by atoms with Gasteiger partial charge in [-0.05, 0) is 13.3 Å². The lowest BCUT2D eigenvalue weighted by Crippen LogP contribution is -2.29. The molecule has 0 radical (unpaired) electrons. The molecule has 1 saturated heterocycles. The Morgan fingerprint density at radius 3 is 3.13 bits per heavy atom. The van der Waals surface area contributed by atoms with Crippen LogP contribution in [0.4, 0.5) is 0 Å². The topological polar surface area (TPSA) is 66.6 Å². The fourth-order valence-electron chi connectivity index (χ4n) is 1.84. The molecular weight excluding hydrogens is 196 g/mol. The molecule has 2 heterocycles. The third-order valence-corrected chi connectivity index (χ3v) is 2.81. The van der Waals surface area contributed by atoms with E-state index in [1.165, 1.54) is 6.20 Å². The van der Waals surface area contributed by atoms with E-state index in [1.54, 1.807) is 11.8 Å². The molecule has 1 aromatic rings. The first-order chi connectivity index (χ1) is 7.22. The van der Waals surface area contributed by atoms with Crippen molar-refractivity contribution in [2.24, 2.45) is 5.92 Å². The fourth-order valence-corrected chi connectivity index (χ4v) is 1.84. The molecule has 82 valence electrons. The first kappa shape index (κ1) is 10.2. The zero-order chi connectivity index (χ0) is 10.8. The molecule has 0 bridgehead atoms. The van der Waals surface area contributed by atoms with Crippen molar-refractivity contribution >= 4 is 5.91 Å². The Hall–Kier alpha value is -1.36. The first-order valence-electron chi connectivity index (χ1n) is 5.03. The normalized spacial score (nSPS) is 20.9. The van der Waals surface area contributed by atoms with Crippen molar-refractivity contribution in [1.29, 1.82) is 0 Å². The number of aromatic nitrogens is 1. The largest absolute Gasteiger partial charge is 0.396 e. The van der Waals surface area contributed by atoms with E-state index in [0.29, 0.717) is 24.4 Å². The number of aliphatic hydroxyl groups excluding tert-OH is 1. The van der Waals surface area contributed by atoms with Crippen molar-refractivity contribution in [2.45, 2.75) is 13.3 Å². The van der Waals surface area contributed by atoms with Crippen LogP contribution in [0.15, 0.2) is 10.7 Å². The fraction of sp³-hybridized carbons (Fsp3) is 0.600. The highest BCUT2D eigenvalue weighted by Crippen LogP contribution is 2.19. The summed E-state index contributed by atoms with van der Waals surface area (Å²) in [5.41, 5.74) is 0.522. The maximum absolute atomic E-state index is 11.9. The van der Waals surface area contributed by atoms with E-state index in [-0.39, 0.29) is 18.4 Å². The molecule has 1 amide bonds. The van der Waals surface area contributed by atoms with E-state index in [4.69, 9.17) is 9.63 Å². The maximum atomic E-state index is 11.9. The lowest BCUT2D eigenvalue weighted by molar-refractivity contribution is 0.0780. The van der Waals surface area contributed by atoms with E-state index in [9.17, 15) is 4.79 Å². The quantitative estimate of drug-likeness (QED) is 0.769. The SMILES string of the molecule is Cc1oncc1C(=O)N1CC[C@@H](CO)C1. The van der Waals surface area contributed by atoms with Crippen LogP contribution in [0.1, 0.15) is 22.5 Å². The van der Waals surface area contributed by atoms with Crippen LogP contribution in [0.2, 0.25) is 0 Å². The molecule has 15 heavy (non-hydrogen) atoms. The van der Waals surface area contributed by atoms with Crippen LogP contribution >= 0.6 is 0 Å². The van der Waals surface area contributed by atoms with Gasteiger partial charge in [-0.25, -0.2) is 0 Å². The molecule has 2 rings (SSSR count). The highest BCUT2D eigenvalue weighted by Gasteiger charge is 2.28. The smallest absolute Gasteiger partial charge is 0.259 e. The molecule has 0 spiro atoms. The number of hydrogen-bond donors (Lipinski definition) is 1. The third-order valence-electron chi connectivity index (χ3n) is 2.81. The van der Waals surface area contributed by atoms with Gasteiger partial charge in [-0.2, -0.15) is 0 Å². The van der Waals surface area contributed by atoms with Crippen molar-refractivity contribution in [1.82, 2.24) is 10.1 Å². The molecule has 0 unspecified atom stereocenters. The zero-order valence-electron chi connectivity index (χ0n) is 8.64. The van der Waals surface area contributed by atoms with Crippen LogP contribution in [-0.4, -0.2) is 40.8 Å². The summed E-state index contributed by atoms with van der Waals surface area (Å²) in [6, 6.07) is 0. The molecule has 1 fully saturated rings. The van der Waals surface area contributed by atoms with Crippen LogP contribution in [0.3, 0.4) is 0 Å². The molecule has 1 atom stereocenters. The third kappa shape index (κ3) is 1.87. The number of amides is 1. The van der Waals surface area contributed by atoms with Gasteiger partial charge in [0.15, 0.2) is 0 Å². The minimum absolute atomic E-state index is 0.0512. The molecular formula is C10H14N2O3. The summed E-state index contributed by atoms with van der Waals surface area (Å²) in [6.07, 6.45) is 2.32. The number of nitrogens with zero attached hydrogens (tertiary/aromatic N) is 2. The van der Waals surface area contributed by atoms with Crippen molar-refractivity contribution in [3.8, 4) is 0 Å². The summed E-state index contributed by atoms with van der Waals surface area (Å²) in [5.74, 6) is 0.714. The number of hydrogen-bond acceptors (Lipinski definition) is 4. The van der Waals surface area contributed by atoms with Gasteiger partial charge in [0.1, 0.15) is 11.3 Å². The van der Waals surface area contributed by atoms with E-state index in [2.05, 4.69) is 5.16 Å². The van der Waals surface area contributed by atoms with Crippen molar-refractivity contribution in [3.05, 3.63) is 17.5 Å². The standard InChI is InChI=1S/C10H14N2O3/c1-7-9(4-11-15-7)10(14)12-3-2-8(5-12)6-13/h4,8,13H,2-3,5-6H2,1H3/t8-/m1/s1. The number of aliphatic hydroxyl groups is 1. The number of likely N-dealkylation sites (tertiary alicyclic amines) is 1. The lowest BCUT2D eigenvalue weighted by atomic mass is 10.1. The molecule has 1 N–H and O–H groups in total. The highest BCUT2D eigenvalue weighted by atomic mass is 16.5. The maximum Gasteiger partial charge on any atom is 0.259 e. The minimum atomic E-state index is -0.0512. The van der Waals surface area contributed by atoms with Gasteiger partial charge in [0.2, 0.25) is 0 Å². The average molecular weight is 210 g/mol. The molecule has 1 aliphatic heterocycles. The summed E-state index contributed by atoms with van der Waals surface area (Å²) < 4.78 is 4.85. The van der Waals surface area contributed by atoms with Crippen molar-refractivity contribution < 1.29 is 14.4 Å². The van der Waals surface area contributed by atoms with Gasteiger partial charge < -0.3 is 14.5 Å². The van der Waals surface area contributed by atoms with E-state index in [1.807, 2.05) is 0 Å². The predicted molar refractivity (Wildman–Crippen MR) is 52.3 cm³/mol. The van der Waals surface area contributed by atoms with Gasteiger partial charge in [-0.1, -0.05) is 5.16 Å². The highest BCUT2D eigenvalue weighted by molar-refractivity contribution is 5.94. The molecule has 0 aliphatic carbocycles. The Morgan fingerprint density at radius 2 is 2.60 bits per heavy atom. The Balaban J connectivity index is 2.07. The van der Waals surface area contributed by atoms with Crippen molar-refractivity contribution in [2.75, 3.05) is 19.7 Å².